The minimum atomic E-state index is -1.02. The monoisotopic (exact) mass is 501 g/mol. The average Bonchev–Trinajstić information content (AvgIpc) is 3.50. The number of benzene rings is 2. The summed E-state index contributed by atoms with van der Waals surface area (Å²) < 4.78 is 14.0. The Labute approximate surface area is 211 Å². The number of hydrogen-bond acceptors (Lipinski definition) is 7. The van der Waals surface area contributed by atoms with Crippen molar-refractivity contribution in [2.75, 3.05) is 27.0 Å². The number of phenolic OH excluding ortho intramolecular Hbond substituents is 1. The third kappa shape index (κ3) is 4.23. The fraction of sp³-hybridized carbons (Fsp3) is 0.231. The molecule has 5 rings (SSSR count). The van der Waals surface area contributed by atoms with E-state index < -0.39 is 6.09 Å². The van der Waals surface area contributed by atoms with Crippen LogP contribution in [0.25, 0.3) is 28.0 Å². The van der Waals surface area contributed by atoms with Gasteiger partial charge in [-0.3, -0.25) is 9.13 Å². The smallest absolute Gasteiger partial charge is 0.407 e. The SMILES string of the molecule is COCOc1cc(-c2ccc(O)c(C#N)c2)ccc1-n1c(=O)n([C@H]2CCN(C(=O)O)C2)c2ncccc21. The molecule has 0 aliphatic carbocycles. The highest BCUT2D eigenvalue weighted by molar-refractivity contribution is 5.77. The number of aromatic nitrogens is 3. The molecule has 1 aliphatic rings. The van der Waals surface area contributed by atoms with Gasteiger partial charge in [0.15, 0.2) is 12.4 Å². The van der Waals surface area contributed by atoms with E-state index in [0.29, 0.717) is 46.7 Å². The van der Waals surface area contributed by atoms with E-state index in [0.717, 1.165) is 0 Å². The summed E-state index contributed by atoms with van der Waals surface area (Å²) in [6.45, 7) is 0.455. The molecule has 0 unspecified atom stereocenters. The number of aromatic hydroxyl groups is 1. The number of phenols is 1. The van der Waals surface area contributed by atoms with Gasteiger partial charge in [0.05, 0.1) is 22.8 Å². The molecule has 1 amide bonds. The van der Waals surface area contributed by atoms with E-state index in [1.165, 1.54) is 22.6 Å². The van der Waals surface area contributed by atoms with Crippen molar-refractivity contribution >= 4 is 17.3 Å². The van der Waals surface area contributed by atoms with Gasteiger partial charge in [0, 0.05) is 26.4 Å². The van der Waals surface area contributed by atoms with Gasteiger partial charge in [-0.1, -0.05) is 12.1 Å². The topological polar surface area (TPSA) is 143 Å². The van der Waals surface area contributed by atoms with Gasteiger partial charge in [-0.05, 0) is 53.9 Å². The maximum atomic E-state index is 13.8. The number of methoxy groups -OCH3 is 1. The number of amides is 1. The van der Waals surface area contributed by atoms with Crippen molar-refractivity contribution in [3.05, 3.63) is 70.8 Å². The minimum Gasteiger partial charge on any atom is -0.507 e. The number of rotatable bonds is 6. The van der Waals surface area contributed by atoms with Crippen LogP contribution in [0.15, 0.2) is 59.5 Å². The predicted molar refractivity (Wildman–Crippen MR) is 133 cm³/mol. The highest BCUT2D eigenvalue weighted by Gasteiger charge is 2.31. The van der Waals surface area contributed by atoms with E-state index in [-0.39, 0.29) is 36.4 Å². The van der Waals surface area contributed by atoms with E-state index in [4.69, 9.17) is 9.47 Å². The molecule has 1 saturated heterocycles. The van der Waals surface area contributed by atoms with Crippen molar-refractivity contribution in [3.63, 3.8) is 0 Å². The second kappa shape index (κ2) is 9.67. The first-order valence-corrected chi connectivity index (χ1v) is 11.5. The van der Waals surface area contributed by atoms with Crippen LogP contribution in [0.4, 0.5) is 4.79 Å². The van der Waals surface area contributed by atoms with Crippen LogP contribution in [0.5, 0.6) is 11.5 Å². The Morgan fingerprint density at radius 3 is 2.73 bits per heavy atom. The van der Waals surface area contributed by atoms with Crippen molar-refractivity contribution in [3.8, 4) is 34.4 Å². The van der Waals surface area contributed by atoms with Gasteiger partial charge < -0.3 is 24.6 Å². The minimum absolute atomic E-state index is 0.0721. The summed E-state index contributed by atoms with van der Waals surface area (Å²) in [4.78, 5) is 31.0. The van der Waals surface area contributed by atoms with Crippen LogP contribution in [0.1, 0.15) is 18.0 Å². The first-order valence-electron chi connectivity index (χ1n) is 11.5. The van der Waals surface area contributed by atoms with Gasteiger partial charge in [0.2, 0.25) is 0 Å². The third-order valence-electron chi connectivity index (χ3n) is 6.41. The highest BCUT2D eigenvalue weighted by atomic mass is 16.7. The fourth-order valence-corrected chi connectivity index (χ4v) is 4.66. The number of pyridine rings is 1. The molecule has 11 nitrogen and oxygen atoms in total. The summed E-state index contributed by atoms with van der Waals surface area (Å²) >= 11 is 0. The molecule has 2 aromatic carbocycles. The molecular weight excluding hydrogens is 478 g/mol. The zero-order valence-corrected chi connectivity index (χ0v) is 19.9. The van der Waals surface area contributed by atoms with Crippen LogP contribution in [0, 0.1) is 11.3 Å². The standard InChI is InChI=1S/C26H23N5O6/c1-36-15-37-23-12-17(16-5-7-22(32)18(11-16)13-27)4-6-20(23)31-21-3-2-9-28-24(21)30(25(31)33)19-8-10-29(14-19)26(34)35/h2-7,9,11-12,19,32H,8,10,14-15H2,1H3,(H,34,35)/t19-/m0/s1. The lowest BCUT2D eigenvalue weighted by Gasteiger charge is -2.15. The quantitative estimate of drug-likeness (QED) is 0.383. The summed E-state index contributed by atoms with van der Waals surface area (Å²) in [7, 11) is 1.49. The van der Waals surface area contributed by atoms with Gasteiger partial charge in [0.1, 0.15) is 17.6 Å². The highest BCUT2D eigenvalue weighted by Crippen LogP contribution is 2.34. The molecule has 2 N–H and O–H groups in total. The molecule has 0 bridgehead atoms. The third-order valence-corrected chi connectivity index (χ3v) is 6.41. The molecule has 1 fully saturated rings. The predicted octanol–water partition coefficient (Wildman–Crippen LogP) is 3.34. The molecule has 0 radical (unpaired) electrons. The number of nitriles is 1. The van der Waals surface area contributed by atoms with E-state index >= 15 is 0 Å². The first-order chi connectivity index (χ1) is 17.9. The summed E-state index contributed by atoms with van der Waals surface area (Å²) in [5.74, 6) is 0.244. The summed E-state index contributed by atoms with van der Waals surface area (Å²) in [6.07, 6.45) is 1.07. The molecule has 0 spiro atoms. The average molecular weight is 501 g/mol. The number of likely N-dealkylation sites (tertiary alicyclic amines) is 1. The zero-order chi connectivity index (χ0) is 26.1. The number of carboxylic acid groups (broad SMARTS) is 1. The lowest BCUT2D eigenvalue weighted by Crippen LogP contribution is -2.31. The van der Waals surface area contributed by atoms with Gasteiger partial charge in [-0.2, -0.15) is 5.26 Å². The maximum Gasteiger partial charge on any atom is 0.407 e. The van der Waals surface area contributed by atoms with Crippen molar-refractivity contribution < 1.29 is 24.5 Å². The Bertz CT molecular complexity index is 1600. The fourth-order valence-electron chi connectivity index (χ4n) is 4.66. The van der Waals surface area contributed by atoms with Gasteiger partial charge in [-0.25, -0.2) is 14.6 Å². The van der Waals surface area contributed by atoms with Crippen LogP contribution in [-0.4, -0.2) is 62.3 Å². The Balaban J connectivity index is 1.66. The number of carbonyl (C=O) groups is 1. The second-order valence-electron chi connectivity index (χ2n) is 8.58. The Hall–Kier alpha value is -4.82. The van der Waals surface area contributed by atoms with Crippen LogP contribution in [0.3, 0.4) is 0 Å². The molecule has 3 heterocycles. The van der Waals surface area contributed by atoms with Gasteiger partial charge in [-0.15, -0.1) is 0 Å². The molecular formula is C26H23N5O6. The van der Waals surface area contributed by atoms with Crippen LogP contribution < -0.4 is 10.4 Å². The van der Waals surface area contributed by atoms with Gasteiger partial charge in [0.25, 0.3) is 0 Å². The molecule has 4 aromatic rings. The molecule has 1 aliphatic heterocycles. The molecule has 37 heavy (non-hydrogen) atoms. The van der Waals surface area contributed by atoms with Crippen molar-refractivity contribution in [1.82, 2.24) is 19.0 Å². The number of imidazole rings is 1. The Kier molecular flexibility index (Phi) is 6.25. The first kappa shape index (κ1) is 23.9. The molecule has 1 atom stereocenters. The molecule has 11 heteroatoms. The van der Waals surface area contributed by atoms with Crippen molar-refractivity contribution in [2.24, 2.45) is 0 Å². The van der Waals surface area contributed by atoms with Crippen LogP contribution in [-0.2, 0) is 4.74 Å². The van der Waals surface area contributed by atoms with Crippen LogP contribution in [0.2, 0.25) is 0 Å². The Morgan fingerprint density at radius 2 is 2.00 bits per heavy atom. The summed E-state index contributed by atoms with van der Waals surface area (Å²) in [5.41, 5.74) is 2.61. The van der Waals surface area contributed by atoms with E-state index in [1.807, 2.05) is 6.07 Å². The number of nitrogens with zero attached hydrogens (tertiary/aromatic N) is 5. The Morgan fingerprint density at radius 1 is 1.22 bits per heavy atom. The summed E-state index contributed by atoms with van der Waals surface area (Å²) in [5, 5.41) is 28.5. The molecule has 2 aromatic heterocycles. The van der Waals surface area contributed by atoms with Crippen molar-refractivity contribution in [1.29, 1.82) is 5.26 Å². The van der Waals surface area contributed by atoms with Crippen molar-refractivity contribution in [2.45, 2.75) is 12.5 Å². The van der Waals surface area contributed by atoms with E-state index in [1.54, 1.807) is 53.2 Å². The van der Waals surface area contributed by atoms with Crippen LogP contribution >= 0.6 is 0 Å². The second-order valence-corrected chi connectivity index (χ2v) is 8.58. The lowest BCUT2D eigenvalue weighted by molar-refractivity contribution is 0.0511. The molecule has 0 saturated carbocycles. The molecule has 188 valence electrons. The lowest BCUT2D eigenvalue weighted by atomic mass is 10.0. The number of hydrogen-bond donors (Lipinski definition) is 2. The number of ether oxygens (including phenoxy) is 2. The number of fused-ring (bicyclic) bond motifs is 1. The van der Waals surface area contributed by atoms with Gasteiger partial charge >= 0.3 is 11.8 Å². The van der Waals surface area contributed by atoms with E-state index in [9.17, 15) is 25.1 Å². The summed E-state index contributed by atoms with van der Waals surface area (Å²) in [6, 6.07) is 15.1. The largest absolute Gasteiger partial charge is 0.507 e. The van der Waals surface area contributed by atoms with E-state index in [2.05, 4.69) is 4.98 Å². The normalized spacial score (nSPS) is 15.1. The maximum absolute atomic E-state index is 13.8. The zero-order valence-electron chi connectivity index (χ0n) is 19.9.